The van der Waals surface area contributed by atoms with Crippen LogP contribution < -0.4 is 0 Å². The molecule has 1 N–H and O–H groups in total. The Labute approximate surface area is 136 Å². The number of carbonyl (C=O) groups is 1. The first-order chi connectivity index (χ1) is 11.3. The van der Waals surface area contributed by atoms with Gasteiger partial charge in [-0.25, -0.2) is 0 Å². The van der Waals surface area contributed by atoms with Crippen molar-refractivity contribution in [2.24, 2.45) is 70.5 Å². The van der Waals surface area contributed by atoms with Gasteiger partial charge in [-0.15, -0.1) is 0 Å². The summed E-state index contributed by atoms with van der Waals surface area (Å²) in [7, 11) is 0. The number of aliphatic hydroxyl groups is 1. The van der Waals surface area contributed by atoms with E-state index in [2.05, 4.69) is 0 Å². The number of hydrogen-bond donors (Lipinski definition) is 1. The van der Waals surface area contributed by atoms with Gasteiger partial charge in [-0.05, 0) is 90.8 Å². The van der Waals surface area contributed by atoms with E-state index < -0.39 is 0 Å². The van der Waals surface area contributed by atoms with E-state index in [1.165, 1.54) is 25.5 Å². The zero-order chi connectivity index (χ0) is 14.8. The molecular formula is C20H24O3. The van der Waals surface area contributed by atoms with E-state index in [0.29, 0.717) is 35.7 Å². The van der Waals surface area contributed by atoms with E-state index in [4.69, 9.17) is 4.74 Å². The third-order valence-electron chi connectivity index (χ3n) is 10.8. The van der Waals surface area contributed by atoms with E-state index in [0.717, 1.165) is 41.9 Å². The van der Waals surface area contributed by atoms with E-state index in [9.17, 15) is 9.90 Å². The molecule has 1 heterocycles. The van der Waals surface area contributed by atoms with Crippen molar-refractivity contribution in [1.29, 1.82) is 0 Å². The fourth-order valence-electron chi connectivity index (χ4n) is 11.3. The Kier molecular flexibility index (Phi) is 1.67. The number of carbonyl (C=O) groups excluding carboxylic acids is 1. The van der Waals surface area contributed by atoms with Crippen LogP contribution in [0, 0.1) is 70.5 Å². The molecule has 0 unspecified atom stereocenters. The van der Waals surface area contributed by atoms with Crippen LogP contribution in [0.3, 0.4) is 0 Å². The van der Waals surface area contributed by atoms with Crippen LogP contribution in [0.4, 0.5) is 0 Å². The molecule has 0 spiro atoms. The normalized spacial score (nSPS) is 79.9. The molecule has 122 valence electrons. The first-order valence-electron chi connectivity index (χ1n) is 10.1. The van der Waals surface area contributed by atoms with Crippen LogP contribution in [0.1, 0.15) is 25.7 Å². The highest BCUT2D eigenvalue weighted by molar-refractivity contribution is 5.67. The molecule has 3 nitrogen and oxygen atoms in total. The van der Waals surface area contributed by atoms with Gasteiger partial charge in [0.15, 0.2) is 0 Å². The van der Waals surface area contributed by atoms with Crippen LogP contribution in [-0.4, -0.2) is 29.7 Å². The largest absolute Gasteiger partial charge is 0.393 e. The van der Waals surface area contributed by atoms with Crippen LogP contribution in [0.5, 0.6) is 0 Å². The highest BCUT2D eigenvalue weighted by Gasteiger charge is 2.90. The highest BCUT2D eigenvalue weighted by atomic mass is 16.5. The Balaban J connectivity index is 1.45. The number of aliphatic hydroxyl groups excluding tert-OH is 1. The fourth-order valence-corrected chi connectivity index (χ4v) is 11.3. The molecule has 0 radical (unpaired) electrons. The maximum absolute atomic E-state index is 12.7. The first kappa shape index (κ1) is 12.0. The average molecular weight is 312 g/mol. The van der Waals surface area contributed by atoms with Crippen LogP contribution in [0.25, 0.3) is 0 Å². The molecule has 8 aliphatic carbocycles. The molecule has 0 amide bonds. The summed E-state index contributed by atoms with van der Waals surface area (Å²) in [5.41, 5.74) is -0.202. The smallest absolute Gasteiger partial charge is 0.129 e. The van der Waals surface area contributed by atoms with E-state index in [1.807, 2.05) is 0 Å². The average Bonchev–Trinajstić information content (AvgIpc) is 3.27. The maximum atomic E-state index is 12.7. The van der Waals surface area contributed by atoms with Gasteiger partial charge in [0.2, 0.25) is 0 Å². The lowest BCUT2D eigenvalue weighted by molar-refractivity contribution is -0.206. The van der Waals surface area contributed by atoms with Crippen molar-refractivity contribution >= 4 is 6.29 Å². The minimum Gasteiger partial charge on any atom is -0.393 e. The highest BCUT2D eigenvalue weighted by Crippen LogP contribution is 2.89. The van der Waals surface area contributed by atoms with E-state index in [1.54, 1.807) is 0 Å². The first-order valence-corrected chi connectivity index (χ1v) is 10.1. The van der Waals surface area contributed by atoms with Gasteiger partial charge >= 0.3 is 0 Å². The Morgan fingerprint density at radius 3 is 2.52 bits per heavy atom. The van der Waals surface area contributed by atoms with Crippen LogP contribution in [0.2, 0.25) is 0 Å². The predicted octanol–water partition coefficient (Wildman–Crippen LogP) is 1.73. The fraction of sp³-hybridized carbons (Fsp3) is 0.950. The molecular weight excluding hydrogens is 288 g/mol. The molecule has 8 saturated carbocycles. The lowest BCUT2D eigenvalue weighted by atomic mass is 9.55. The molecule has 9 aliphatic rings. The van der Waals surface area contributed by atoms with Gasteiger partial charge in [-0.3, -0.25) is 0 Å². The quantitative estimate of drug-likeness (QED) is 0.750. The predicted molar refractivity (Wildman–Crippen MR) is 80.0 cm³/mol. The monoisotopic (exact) mass is 312 g/mol. The SMILES string of the molecule is O=C[C@@]12[C@H]3[C@H]4[C@@H]([C@@H]5CC[C@@H](O)[C@@H]53)[C@@H]3[C@H]5[C@H]4[C@@H]1[C@H]1CC[C@H](O[C@@H]32)[C@H]15. The van der Waals surface area contributed by atoms with Gasteiger partial charge in [0.1, 0.15) is 6.29 Å². The summed E-state index contributed by atoms with van der Waals surface area (Å²) in [6.45, 7) is 0. The zero-order valence-electron chi connectivity index (χ0n) is 13.3. The summed E-state index contributed by atoms with van der Waals surface area (Å²) >= 11 is 0. The second-order valence-electron chi connectivity index (χ2n) is 10.4. The lowest BCUT2D eigenvalue weighted by Gasteiger charge is -2.54. The number of ether oxygens (including phenoxy) is 1. The molecule has 0 aromatic carbocycles. The zero-order valence-corrected chi connectivity index (χ0v) is 13.3. The van der Waals surface area contributed by atoms with Crippen molar-refractivity contribution in [3.8, 4) is 0 Å². The lowest BCUT2D eigenvalue weighted by Crippen LogP contribution is -2.59. The van der Waals surface area contributed by atoms with E-state index >= 15 is 0 Å². The molecule has 0 aromatic heterocycles. The summed E-state index contributed by atoms with van der Waals surface area (Å²) < 4.78 is 6.75. The summed E-state index contributed by atoms with van der Waals surface area (Å²) in [6, 6.07) is 0. The van der Waals surface area contributed by atoms with Crippen molar-refractivity contribution in [2.45, 2.75) is 44.0 Å². The summed E-state index contributed by atoms with van der Waals surface area (Å²) in [6.07, 6.45) is 6.70. The summed E-state index contributed by atoms with van der Waals surface area (Å²) in [5.74, 6) is 7.76. The molecule has 0 aromatic rings. The number of fused-ring (bicyclic) bond motifs is 1. The van der Waals surface area contributed by atoms with Gasteiger partial charge in [0.25, 0.3) is 0 Å². The minimum atomic E-state index is -0.202. The molecule has 9 rings (SSSR count). The third-order valence-corrected chi connectivity index (χ3v) is 10.8. The van der Waals surface area contributed by atoms with E-state index in [-0.39, 0.29) is 17.6 Å². The summed E-state index contributed by atoms with van der Waals surface area (Å²) in [5, 5.41) is 10.7. The van der Waals surface area contributed by atoms with Crippen molar-refractivity contribution in [1.82, 2.24) is 0 Å². The molecule has 1 aliphatic heterocycles. The molecule has 9 bridgehead atoms. The topological polar surface area (TPSA) is 46.5 Å². The number of aldehydes is 1. The van der Waals surface area contributed by atoms with Gasteiger partial charge in [-0.2, -0.15) is 0 Å². The van der Waals surface area contributed by atoms with Crippen molar-refractivity contribution in [3.05, 3.63) is 0 Å². The van der Waals surface area contributed by atoms with Gasteiger partial charge < -0.3 is 14.6 Å². The summed E-state index contributed by atoms with van der Waals surface area (Å²) in [4.78, 5) is 12.7. The number of hydrogen-bond acceptors (Lipinski definition) is 3. The van der Waals surface area contributed by atoms with Gasteiger partial charge in [0, 0.05) is 0 Å². The third kappa shape index (κ3) is 0.852. The van der Waals surface area contributed by atoms with Crippen molar-refractivity contribution in [2.75, 3.05) is 0 Å². The second-order valence-corrected chi connectivity index (χ2v) is 10.4. The Morgan fingerprint density at radius 2 is 1.65 bits per heavy atom. The Morgan fingerprint density at radius 1 is 0.826 bits per heavy atom. The second kappa shape index (κ2) is 3.19. The van der Waals surface area contributed by atoms with Crippen LogP contribution >= 0.6 is 0 Å². The molecule has 1 saturated heterocycles. The molecule has 15 atom stereocenters. The standard InChI is InChI=1S/C20H24O3/c21-5-20-17-7-2-4-9-11(7)13-15(17)14-12(16(13)19(20)23-9)6-1-3-8(22)10(6)18(14)20/h5-19,22H,1-4H2/t6-,7+,8-,9+,10-,11+,12-,13-,14+,15-,16-,17+,18-,19+,20+/m1/s1. The van der Waals surface area contributed by atoms with Gasteiger partial charge in [0.05, 0.1) is 23.7 Å². The van der Waals surface area contributed by atoms with Crippen LogP contribution in [-0.2, 0) is 9.53 Å². The Bertz CT molecular complexity index is 661. The van der Waals surface area contributed by atoms with Crippen molar-refractivity contribution < 1.29 is 14.6 Å². The molecule has 3 heteroatoms. The molecule has 23 heavy (non-hydrogen) atoms. The van der Waals surface area contributed by atoms with Crippen molar-refractivity contribution in [3.63, 3.8) is 0 Å². The molecule has 9 fully saturated rings. The minimum absolute atomic E-state index is 0.139. The van der Waals surface area contributed by atoms with Crippen LogP contribution in [0.15, 0.2) is 0 Å². The maximum Gasteiger partial charge on any atom is 0.129 e. The van der Waals surface area contributed by atoms with Gasteiger partial charge in [-0.1, -0.05) is 0 Å². The number of rotatable bonds is 1. The Hall–Kier alpha value is -0.410.